The molecule has 0 aromatic rings. The van der Waals surface area contributed by atoms with Gasteiger partial charge in [0.2, 0.25) is 0 Å². The van der Waals surface area contributed by atoms with Crippen LogP contribution in [0.3, 0.4) is 0 Å². The molecule has 0 unspecified atom stereocenters. The molecule has 0 N–H and O–H groups in total. The Bertz CT molecular complexity index is 211. The first kappa shape index (κ1) is 11.8. The van der Waals surface area contributed by atoms with E-state index in [1.165, 1.54) is 0 Å². The lowest BCUT2D eigenvalue weighted by Gasteiger charge is -1.82. The summed E-state index contributed by atoms with van der Waals surface area (Å²) in [6.45, 7) is 2.14. The number of terminal acetylenes is 1. The van der Waals surface area contributed by atoms with Crippen LogP contribution in [0.1, 0.15) is 32.6 Å². The Hall–Kier alpha value is -1.22. The normalized spacial score (nSPS) is 11.7. The summed E-state index contributed by atoms with van der Waals surface area (Å²) in [5.41, 5.74) is 0. The monoisotopic (exact) mass is 174 g/mol. The SMILES string of the molecule is C#CC/C=C\C/C=C\C/C=C\CC. The molecule has 0 spiro atoms. The molecular weight excluding hydrogens is 156 g/mol. The third-order valence-corrected chi connectivity index (χ3v) is 1.52. The van der Waals surface area contributed by atoms with Crippen molar-refractivity contribution >= 4 is 0 Å². The zero-order valence-corrected chi connectivity index (χ0v) is 8.37. The van der Waals surface area contributed by atoms with Gasteiger partial charge in [0, 0.05) is 6.42 Å². The predicted molar refractivity (Wildman–Crippen MR) is 60.4 cm³/mol. The smallest absolute Gasteiger partial charge is 0.0267 e. The Morgan fingerprint density at radius 3 is 2.00 bits per heavy atom. The molecule has 13 heavy (non-hydrogen) atoms. The first-order valence-corrected chi connectivity index (χ1v) is 4.80. The first-order chi connectivity index (χ1) is 6.41. The summed E-state index contributed by atoms with van der Waals surface area (Å²) in [5.74, 6) is 2.56. The Morgan fingerprint density at radius 1 is 0.923 bits per heavy atom. The lowest BCUT2D eigenvalue weighted by Crippen LogP contribution is -1.62. The maximum absolute atomic E-state index is 5.10. The topological polar surface area (TPSA) is 0 Å². The molecule has 70 valence electrons. The largest absolute Gasteiger partial charge is 0.120 e. The first-order valence-electron chi connectivity index (χ1n) is 4.80. The fourth-order valence-electron chi connectivity index (χ4n) is 0.860. The highest BCUT2D eigenvalue weighted by molar-refractivity contribution is 5.00. The van der Waals surface area contributed by atoms with Crippen LogP contribution < -0.4 is 0 Å². The van der Waals surface area contributed by atoms with Crippen molar-refractivity contribution in [2.24, 2.45) is 0 Å². The van der Waals surface area contributed by atoms with E-state index in [-0.39, 0.29) is 0 Å². The minimum absolute atomic E-state index is 0.740. The predicted octanol–water partition coefficient (Wildman–Crippen LogP) is 3.87. The van der Waals surface area contributed by atoms with Crippen LogP contribution >= 0.6 is 0 Å². The van der Waals surface area contributed by atoms with Crippen LogP contribution in [0, 0.1) is 12.3 Å². The van der Waals surface area contributed by atoms with E-state index in [4.69, 9.17) is 6.42 Å². The average molecular weight is 174 g/mol. The van der Waals surface area contributed by atoms with E-state index >= 15 is 0 Å². The van der Waals surface area contributed by atoms with E-state index < -0.39 is 0 Å². The van der Waals surface area contributed by atoms with Crippen molar-refractivity contribution in [2.45, 2.75) is 32.6 Å². The van der Waals surface area contributed by atoms with Crippen molar-refractivity contribution in [3.8, 4) is 12.3 Å². The van der Waals surface area contributed by atoms with Gasteiger partial charge in [-0.05, 0) is 19.3 Å². The molecule has 0 aliphatic heterocycles. The molecule has 0 amide bonds. The second-order valence-electron chi connectivity index (χ2n) is 2.70. The van der Waals surface area contributed by atoms with Gasteiger partial charge in [0.15, 0.2) is 0 Å². The fourth-order valence-corrected chi connectivity index (χ4v) is 0.860. The molecule has 0 heteroatoms. The van der Waals surface area contributed by atoms with Crippen molar-refractivity contribution in [1.82, 2.24) is 0 Å². The lowest BCUT2D eigenvalue weighted by molar-refractivity contribution is 1.19. The van der Waals surface area contributed by atoms with Crippen LogP contribution in [-0.2, 0) is 0 Å². The number of allylic oxidation sites excluding steroid dienone is 6. The number of rotatable bonds is 6. The van der Waals surface area contributed by atoms with Gasteiger partial charge in [0.05, 0.1) is 0 Å². The van der Waals surface area contributed by atoms with E-state index in [9.17, 15) is 0 Å². The van der Waals surface area contributed by atoms with Gasteiger partial charge in [-0.3, -0.25) is 0 Å². The molecular formula is C13H18. The van der Waals surface area contributed by atoms with Crippen LogP contribution in [0.4, 0.5) is 0 Å². The van der Waals surface area contributed by atoms with Crippen molar-refractivity contribution in [1.29, 1.82) is 0 Å². The summed E-state index contributed by atoms with van der Waals surface area (Å²) < 4.78 is 0. The van der Waals surface area contributed by atoms with Crippen LogP contribution in [0.5, 0.6) is 0 Å². The third kappa shape index (κ3) is 10.8. The van der Waals surface area contributed by atoms with Crippen molar-refractivity contribution in [2.75, 3.05) is 0 Å². The van der Waals surface area contributed by atoms with Gasteiger partial charge in [0.1, 0.15) is 0 Å². The molecule has 0 fully saturated rings. The summed E-state index contributed by atoms with van der Waals surface area (Å²) >= 11 is 0. The van der Waals surface area contributed by atoms with Crippen LogP contribution in [0.25, 0.3) is 0 Å². The highest BCUT2D eigenvalue weighted by atomic mass is 13.8. The fraction of sp³-hybridized carbons (Fsp3) is 0.385. The van der Waals surface area contributed by atoms with E-state index in [0.717, 1.165) is 25.7 Å². The van der Waals surface area contributed by atoms with E-state index in [0.29, 0.717) is 0 Å². The maximum atomic E-state index is 5.10. The van der Waals surface area contributed by atoms with Crippen molar-refractivity contribution in [3.63, 3.8) is 0 Å². The summed E-state index contributed by atoms with van der Waals surface area (Å²) in [6.07, 6.45) is 21.8. The summed E-state index contributed by atoms with van der Waals surface area (Å²) in [4.78, 5) is 0. The summed E-state index contributed by atoms with van der Waals surface area (Å²) in [5, 5.41) is 0. The molecule has 0 aromatic heterocycles. The molecule has 0 saturated carbocycles. The zero-order valence-electron chi connectivity index (χ0n) is 8.37. The molecule has 0 nitrogen and oxygen atoms in total. The van der Waals surface area contributed by atoms with Gasteiger partial charge in [-0.1, -0.05) is 43.4 Å². The van der Waals surface area contributed by atoms with Gasteiger partial charge in [-0.2, -0.15) is 0 Å². The second kappa shape index (κ2) is 10.8. The quantitative estimate of drug-likeness (QED) is 0.423. The molecule has 0 bridgehead atoms. The van der Waals surface area contributed by atoms with Gasteiger partial charge in [-0.15, -0.1) is 12.3 Å². The Balaban J connectivity index is 3.32. The van der Waals surface area contributed by atoms with Crippen LogP contribution in [-0.4, -0.2) is 0 Å². The number of hydrogen-bond acceptors (Lipinski definition) is 0. The highest BCUT2D eigenvalue weighted by Crippen LogP contribution is 1.92. The van der Waals surface area contributed by atoms with Gasteiger partial charge >= 0.3 is 0 Å². The molecule has 0 aromatic carbocycles. The Labute approximate surface area is 82.0 Å². The van der Waals surface area contributed by atoms with Crippen molar-refractivity contribution < 1.29 is 0 Å². The van der Waals surface area contributed by atoms with E-state index in [2.05, 4.69) is 43.2 Å². The van der Waals surface area contributed by atoms with Crippen molar-refractivity contribution in [3.05, 3.63) is 36.5 Å². The minimum atomic E-state index is 0.740. The summed E-state index contributed by atoms with van der Waals surface area (Å²) in [7, 11) is 0. The van der Waals surface area contributed by atoms with Gasteiger partial charge < -0.3 is 0 Å². The molecule has 0 rings (SSSR count). The second-order valence-corrected chi connectivity index (χ2v) is 2.70. The molecule has 0 heterocycles. The van der Waals surface area contributed by atoms with Crippen LogP contribution in [0.2, 0.25) is 0 Å². The van der Waals surface area contributed by atoms with Crippen LogP contribution in [0.15, 0.2) is 36.5 Å². The molecule has 0 atom stereocenters. The standard InChI is InChI=1S/C13H18/c1-3-5-7-9-11-13-12-10-8-6-4-2/h1,6-9,12-13H,4-5,10-11H2,2H3/b8-6-,9-7-,13-12-. The molecule has 0 saturated heterocycles. The third-order valence-electron chi connectivity index (χ3n) is 1.52. The Kier molecular flexibility index (Phi) is 9.77. The van der Waals surface area contributed by atoms with E-state index in [1.54, 1.807) is 0 Å². The maximum Gasteiger partial charge on any atom is 0.0267 e. The number of hydrogen-bond donors (Lipinski definition) is 0. The summed E-state index contributed by atoms with van der Waals surface area (Å²) in [6, 6.07) is 0. The Morgan fingerprint density at radius 2 is 1.46 bits per heavy atom. The van der Waals surface area contributed by atoms with E-state index in [1.807, 2.05) is 6.08 Å². The zero-order chi connectivity index (χ0) is 9.78. The minimum Gasteiger partial charge on any atom is -0.120 e. The molecule has 0 radical (unpaired) electrons. The lowest BCUT2D eigenvalue weighted by atomic mass is 10.2. The highest BCUT2D eigenvalue weighted by Gasteiger charge is 1.72. The molecule has 0 aliphatic rings. The van der Waals surface area contributed by atoms with Gasteiger partial charge in [-0.25, -0.2) is 0 Å². The molecule has 0 aliphatic carbocycles. The average Bonchev–Trinajstić information content (AvgIpc) is 2.16. The van der Waals surface area contributed by atoms with Gasteiger partial charge in [0.25, 0.3) is 0 Å².